The number of sulfonamides is 1. The molecule has 1 amide bonds. The van der Waals surface area contributed by atoms with Crippen LogP contribution in [-0.4, -0.2) is 62.9 Å². The van der Waals surface area contributed by atoms with Gasteiger partial charge in [-0.15, -0.1) is 0 Å². The number of nitrogens with one attached hydrogen (secondary N) is 1. The molecule has 1 saturated carbocycles. The molecule has 3 aliphatic heterocycles. The third-order valence-electron chi connectivity index (χ3n) is 6.65. The lowest BCUT2D eigenvalue weighted by Gasteiger charge is -2.32. The molecule has 8 heteroatoms. The maximum Gasteiger partial charge on any atom is 0.264 e. The first kappa shape index (κ1) is 21.6. The average Bonchev–Trinajstić information content (AvgIpc) is 3.11. The second-order valence-electron chi connectivity index (χ2n) is 8.74. The van der Waals surface area contributed by atoms with Crippen LogP contribution in [0.25, 0.3) is 0 Å². The first-order valence-corrected chi connectivity index (χ1v) is 12.9. The van der Waals surface area contributed by atoms with E-state index < -0.39 is 16.1 Å². The minimum Gasteiger partial charge on any atom is -0.480 e. The lowest BCUT2D eigenvalue weighted by Crippen LogP contribution is -2.52. The van der Waals surface area contributed by atoms with Gasteiger partial charge in [-0.2, -0.15) is 0 Å². The van der Waals surface area contributed by atoms with E-state index in [0.717, 1.165) is 37.7 Å². The van der Waals surface area contributed by atoms with Gasteiger partial charge in [0, 0.05) is 12.6 Å². The molecule has 1 aromatic rings. The highest BCUT2D eigenvalue weighted by atomic mass is 32.2. The summed E-state index contributed by atoms with van der Waals surface area (Å²) in [7, 11) is -3.38. The average molecular weight is 437 g/mol. The minimum absolute atomic E-state index is 0.0923. The Hall–Kier alpha value is -1.64. The number of fused-ring (bicyclic) bond motifs is 5. The van der Waals surface area contributed by atoms with Crippen LogP contribution in [0.4, 0.5) is 0 Å². The van der Waals surface area contributed by atoms with Crippen molar-refractivity contribution in [3.05, 3.63) is 29.8 Å². The second-order valence-corrected chi connectivity index (χ2v) is 10.5. The van der Waals surface area contributed by atoms with Crippen LogP contribution >= 0.6 is 0 Å². The van der Waals surface area contributed by atoms with Crippen molar-refractivity contribution in [2.24, 2.45) is 0 Å². The summed E-state index contributed by atoms with van der Waals surface area (Å²) in [6.45, 7) is 2.79. The molecule has 1 saturated heterocycles. The molecule has 166 valence electrons. The highest BCUT2D eigenvalue weighted by Gasteiger charge is 2.42. The van der Waals surface area contributed by atoms with Gasteiger partial charge in [0.25, 0.3) is 5.91 Å². The Kier molecular flexibility index (Phi) is 6.36. The molecule has 1 aliphatic carbocycles. The molecule has 7 nitrogen and oxygen atoms in total. The van der Waals surface area contributed by atoms with Gasteiger partial charge in [-0.25, -0.2) is 13.1 Å². The number of carbonyl (C=O) groups is 1. The minimum atomic E-state index is -3.38. The van der Waals surface area contributed by atoms with Gasteiger partial charge in [0.2, 0.25) is 10.0 Å². The van der Waals surface area contributed by atoms with Crippen LogP contribution in [0.5, 0.6) is 5.75 Å². The molecule has 0 aromatic heterocycles. The predicted octanol–water partition coefficient (Wildman–Crippen LogP) is 2.42. The molecule has 3 heterocycles. The van der Waals surface area contributed by atoms with Crippen molar-refractivity contribution >= 4 is 15.9 Å². The van der Waals surface area contributed by atoms with Crippen molar-refractivity contribution in [3.8, 4) is 5.75 Å². The summed E-state index contributed by atoms with van der Waals surface area (Å²) >= 11 is 0. The smallest absolute Gasteiger partial charge is 0.264 e. The highest BCUT2D eigenvalue weighted by molar-refractivity contribution is 7.88. The van der Waals surface area contributed by atoms with Gasteiger partial charge in [-0.1, -0.05) is 25.1 Å². The van der Waals surface area contributed by atoms with Crippen LogP contribution in [0, 0.1) is 0 Å². The third-order valence-corrected chi connectivity index (χ3v) is 7.38. The van der Waals surface area contributed by atoms with Gasteiger partial charge in [-0.3, -0.25) is 4.79 Å². The maximum absolute atomic E-state index is 13.4. The normalized spacial score (nSPS) is 32.4. The molecule has 1 unspecified atom stereocenters. The molecular weight excluding hydrogens is 404 g/mol. The maximum atomic E-state index is 13.4. The van der Waals surface area contributed by atoms with Crippen molar-refractivity contribution < 1.29 is 22.7 Å². The van der Waals surface area contributed by atoms with E-state index in [1.165, 1.54) is 5.56 Å². The molecule has 0 spiro atoms. The summed E-state index contributed by atoms with van der Waals surface area (Å²) < 4.78 is 39.0. The Morgan fingerprint density at radius 1 is 1.13 bits per heavy atom. The second kappa shape index (κ2) is 8.85. The van der Waals surface area contributed by atoms with Gasteiger partial charge >= 0.3 is 0 Å². The predicted molar refractivity (Wildman–Crippen MR) is 114 cm³/mol. The molecule has 30 heavy (non-hydrogen) atoms. The number of hydrogen-bond acceptors (Lipinski definition) is 5. The SMILES string of the molecule is CC[C@H]1Oc2ccccc2C2CCC(CC2)OC[C@H]2C(NS(C)(=O)=O)CCN2C1=O. The molecule has 2 fully saturated rings. The van der Waals surface area contributed by atoms with Gasteiger partial charge in [0.1, 0.15) is 5.75 Å². The zero-order valence-electron chi connectivity index (χ0n) is 17.7. The zero-order chi connectivity index (χ0) is 21.3. The summed E-state index contributed by atoms with van der Waals surface area (Å²) in [4.78, 5) is 15.2. The number of nitrogens with zero attached hydrogens (tertiary/aromatic N) is 1. The van der Waals surface area contributed by atoms with Crippen molar-refractivity contribution in [1.29, 1.82) is 0 Å². The Bertz CT molecular complexity index is 866. The molecule has 1 N–H and O–H groups in total. The standard InChI is InChI=1S/C22H32N2O5S/c1-3-20-22(25)24-13-12-18(23-30(2,26)27)19(24)14-28-16-10-8-15(9-11-16)17-6-4-5-7-21(17)29-20/h4-7,15-16,18-20,23H,3,8-14H2,1-2H3/t15?,16?,18?,19-,20+/m0/s1. The Balaban J connectivity index is 1.66. The highest BCUT2D eigenvalue weighted by Crippen LogP contribution is 2.39. The summed E-state index contributed by atoms with van der Waals surface area (Å²) in [5, 5.41) is 0. The first-order chi connectivity index (χ1) is 14.4. The number of para-hydroxylation sites is 1. The van der Waals surface area contributed by atoms with E-state index in [9.17, 15) is 13.2 Å². The van der Waals surface area contributed by atoms with E-state index in [2.05, 4.69) is 10.8 Å². The number of rotatable bonds is 3. The Morgan fingerprint density at radius 3 is 2.57 bits per heavy atom. The van der Waals surface area contributed by atoms with Crippen molar-refractivity contribution in [1.82, 2.24) is 9.62 Å². The molecule has 4 aliphatic rings. The summed E-state index contributed by atoms with van der Waals surface area (Å²) in [6, 6.07) is 7.40. The van der Waals surface area contributed by atoms with Crippen molar-refractivity contribution in [2.75, 3.05) is 19.4 Å². The molecule has 3 atom stereocenters. The third kappa shape index (κ3) is 4.65. The number of carbonyl (C=O) groups excluding carboxylic acids is 1. The molecule has 2 bridgehead atoms. The van der Waals surface area contributed by atoms with E-state index in [1.807, 2.05) is 25.1 Å². The monoisotopic (exact) mass is 436 g/mol. The lowest BCUT2D eigenvalue weighted by molar-refractivity contribution is -0.141. The zero-order valence-corrected chi connectivity index (χ0v) is 18.6. The molecule has 0 radical (unpaired) electrons. The summed E-state index contributed by atoms with van der Waals surface area (Å²) in [5.41, 5.74) is 1.18. The fraction of sp³-hybridized carbons (Fsp3) is 0.682. The molecular formula is C22H32N2O5S. The number of amides is 1. The largest absolute Gasteiger partial charge is 0.480 e. The van der Waals surface area contributed by atoms with Gasteiger partial charge in [0.15, 0.2) is 6.10 Å². The van der Waals surface area contributed by atoms with E-state index in [0.29, 0.717) is 31.9 Å². The van der Waals surface area contributed by atoms with E-state index >= 15 is 0 Å². The van der Waals surface area contributed by atoms with Crippen LogP contribution in [0.1, 0.15) is 56.9 Å². The number of benzene rings is 1. The fourth-order valence-electron chi connectivity index (χ4n) is 5.09. The van der Waals surface area contributed by atoms with Gasteiger partial charge in [0.05, 0.1) is 25.0 Å². The van der Waals surface area contributed by atoms with E-state index in [1.54, 1.807) is 4.90 Å². The van der Waals surface area contributed by atoms with E-state index in [-0.39, 0.29) is 24.1 Å². The van der Waals surface area contributed by atoms with Crippen molar-refractivity contribution in [2.45, 2.75) is 75.7 Å². The van der Waals surface area contributed by atoms with Gasteiger partial charge in [-0.05, 0) is 56.1 Å². The number of ether oxygens (including phenoxy) is 2. The van der Waals surface area contributed by atoms with Crippen LogP contribution in [0.15, 0.2) is 24.3 Å². The number of hydrogen-bond donors (Lipinski definition) is 1. The van der Waals surface area contributed by atoms with Crippen molar-refractivity contribution in [3.63, 3.8) is 0 Å². The van der Waals surface area contributed by atoms with Crippen LogP contribution in [-0.2, 0) is 19.6 Å². The quantitative estimate of drug-likeness (QED) is 0.787. The summed E-state index contributed by atoms with van der Waals surface area (Å²) in [6.07, 6.45) is 5.80. The summed E-state index contributed by atoms with van der Waals surface area (Å²) in [5.74, 6) is 1.11. The topological polar surface area (TPSA) is 84.9 Å². The Morgan fingerprint density at radius 2 is 1.87 bits per heavy atom. The first-order valence-electron chi connectivity index (χ1n) is 11.0. The lowest BCUT2D eigenvalue weighted by atomic mass is 9.82. The van der Waals surface area contributed by atoms with Gasteiger partial charge < -0.3 is 14.4 Å². The van der Waals surface area contributed by atoms with Crippen LogP contribution in [0.3, 0.4) is 0 Å². The van der Waals surface area contributed by atoms with E-state index in [4.69, 9.17) is 9.47 Å². The fourth-order valence-corrected chi connectivity index (χ4v) is 5.92. The molecule has 1 aromatic carbocycles. The van der Waals surface area contributed by atoms with Crippen LogP contribution < -0.4 is 9.46 Å². The Labute approximate surface area is 179 Å². The molecule has 5 rings (SSSR count). The van der Waals surface area contributed by atoms with Crippen LogP contribution in [0.2, 0.25) is 0 Å².